The number of benzene rings is 2. The van der Waals surface area contributed by atoms with Gasteiger partial charge in [0.1, 0.15) is 18.1 Å². The van der Waals surface area contributed by atoms with Crippen LogP contribution in [0.4, 0.5) is 0 Å². The summed E-state index contributed by atoms with van der Waals surface area (Å²) in [4.78, 5) is 11.4. The minimum Gasteiger partial charge on any atom is -0.493 e. The fraction of sp³-hybridized carbons (Fsp3) is 0.423. The van der Waals surface area contributed by atoms with Crippen LogP contribution in [0.25, 0.3) is 6.08 Å². The van der Waals surface area contributed by atoms with Crippen molar-refractivity contribution in [2.75, 3.05) is 13.2 Å². The van der Waals surface area contributed by atoms with Gasteiger partial charge in [-0.2, -0.15) is 0 Å². The number of hydrogen-bond donors (Lipinski definition) is 1. The van der Waals surface area contributed by atoms with E-state index in [0.717, 1.165) is 54.7 Å². The average Bonchev–Trinajstić information content (AvgIpc) is 2.79. The van der Waals surface area contributed by atoms with Gasteiger partial charge in [-0.1, -0.05) is 50.1 Å². The Bertz CT molecular complexity index is 798. The minimum atomic E-state index is -0.343. The van der Waals surface area contributed by atoms with Crippen molar-refractivity contribution in [3.8, 4) is 11.5 Å². The Balaban J connectivity index is 1.75. The number of carbonyl (C=O) groups excluding carboxylic acids is 1. The summed E-state index contributed by atoms with van der Waals surface area (Å²) in [6.45, 7) is 5.30. The van der Waals surface area contributed by atoms with Crippen LogP contribution in [-0.2, 0) is 16.1 Å². The van der Waals surface area contributed by atoms with Gasteiger partial charge in [0.2, 0.25) is 0 Å². The molecular formula is C26H34O5. The molecule has 2 rings (SSSR count). The molecule has 2 aromatic carbocycles. The van der Waals surface area contributed by atoms with E-state index in [1.807, 2.05) is 48.5 Å². The molecule has 0 aliphatic carbocycles. The predicted octanol–water partition coefficient (Wildman–Crippen LogP) is 5.55. The van der Waals surface area contributed by atoms with Crippen LogP contribution in [0.2, 0.25) is 0 Å². The molecule has 2 aromatic rings. The molecule has 0 saturated carbocycles. The molecule has 0 heterocycles. The maximum absolute atomic E-state index is 11.4. The highest BCUT2D eigenvalue weighted by atomic mass is 16.5. The molecule has 0 aromatic heterocycles. The fourth-order valence-corrected chi connectivity index (χ4v) is 2.99. The van der Waals surface area contributed by atoms with Crippen molar-refractivity contribution in [3.63, 3.8) is 0 Å². The van der Waals surface area contributed by atoms with Crippen molar-refractivity contribution in [1.29, 1.82) is 0 Å². The van der Waals surface area contributed by atoms with Crippen LogP contribution in [-0.4, -0.2) is 30.4 Å². The molecule has 5 heteroatoms. The van der Waals surface area contributed by atoms with Gasteiger partial charge < -0.3 is 19.3 Å². The molecular weight excluding hydrogens is 392 g/mol. The third kappa shape index (κ3) is 10.2. The van der Waals surface area contributed by atoms with Gasteiger partial charge in [-0.05, 0) is 55.5 Å². The molecule has 1 N–H and O–H groups in total. The van der Waals surface area contributed by atoms with Gasteiger partial charge in [0.15, 0.2) is 0 Å². The molecule has 31 heavy (non-hydrogen) atoms. The van der Waals surface area contributed by atoms with Gasteiger partial charge in [-0.3, -0.25) is 0 Å². The van der Waals surface area contributed by atoms with Crippen molar-refractivity contribution in [2.24, 2.45) is 0 Å². The first-order valence-electron chi connectivity index (χ1n) is 11.1. The average molecular weight is 427 g/mol. The Labute approximate surface area is 185 Å². The second-order valence-electron chi connectivity index (χ2n) is 7.38. The lowest BCUT2D eigenvalue weighted by molar-refractivity contribution is -0.137. The van der Waals surface area contributed by atoms with Gasteiger partial charge in [0, 0.05) is 12.1 Å². The highest BCUT2D eigenvalue weighted by molar-refractivity contribution is 5.87. The van der Waals surface area contributed by atoms with Crippen LogP contribution in [0.5, 0.6) is 11.5 Å². The molecule has 168 valence electrons. The number of aliphatic hydroxyl groups is 1. The van der Waals surface area contributed by atoms with Crippen LogP contribution in [0.3, 0.4) is 0 Å². The molecule has 0 aliphatic heterocycles. The van der Waals surface area contributed by atoms with Crippen LogP contribution in [0.15, 0.2) is 54.6 Å². The van der Waals surface area contributed by atoms with Crippen LogP contribution in [0, 0.1) is 0 Å². The van der Waals surface area contributed by atoms with Gasteiger partial charge in [0.05, 0.1) is 19.3 Å². The lowest BCUT2D eigenvalue weighted by Gasteiger charge is -2.12. The summed E-state index contributed by atoms with van der Waals surface area (Å²) < 4.78 is 16.5. The normalized spacial score (nSPS) is 12.0. The maximum Gasteiger partial charge on any atom is 0.330 e. The monoisotopic (exact) mass is 426 g/mol. The zero-order valence-corrected chi connectivity index (χ0v) is 18.6. The third-order valence-corrected chi connectivity index (χ3v) is 4.73. The molecule has 0 bridgehead atoms. The number of aliphatic hydroxyl groups excluding tert-OH is 1. The van der Waals surface area contributed by atoms with Crippen LogP contribution < -0.4 is 9.47 Å². The lowest BCUT2D eigenvalue weighted by atomic mass is 10.1. The van der Waals surface area contributed by atoms with Crippen LogP contribution in [0.1, 0.15) is 57.1 Å². The first-order valence-corrected chi connectivity index (χ1v) is 11.1. The van der Waals surface area contributed by atoms with Crippen molar-refractivity contribution in [2.45, 2.75) is 58.7 Å². The van der Waals surface area contributed by atoms with Gasteiger partial charge in [-0.25, -0.2) is 4.79 Å². The number of unbranched alkanes of at least 4 members (excludes halogenated alkanes) is 1. The molecule has 0 aliphatic rings. The Hall–Kier alpha value is -2.79. The smallest absolute Gasteiger partial charge is 0.330 e. The molecule has 0 fully saturated rings. The minimum absolute atomic E-state index is 0.231. The lowest BCUT2D eigenvalue weighted by Crippen LogP contribution is -2.08. The Kier molecular flexibility index (Phi) is 11.3. The number of ether oxygens (including phenoxy) is 3. The summed E-state index contributed by atoms with van der Waals surface area (Å²) in [5, 5.41) is 9.89. The van der Waals surface area contributed by atoms with Crippen molar-refractivity contribution < 1.29 is 24.1 Å². The SMILES string of the molecule is CCCCC(O)CCCOc1cccc(OCc2ccc(/C=C/C(=O)OCC)cc2)c1. The van der Waals surface area contributed by atoms with E-state index in [0.29, 0.717) is 19.8 Å². The standard InChI is InChI=1S/C26H34O5/c1-3-5-8-23(27)9-7-18-30-24-10-6-11-25(19-24)31-20-22-14-12-21(13-15-22)16-17-26(28)29-4-2/h6,10-17,19,23,27H,3-5,7-9,18,20H2,1-2H3/b17-16+. The Morgan fingerprint density at radius 1 is 1.00 bits per heavy atom. The number of hydrogen-bond acceptors (Lipinski definition) is 5. The largest absolute Gasteiger partial charge is 0.493 e. The molecule has 0 spiro atoms. The summed E-state index contributed by atoms with van der Waals surface area (Å²) in [5.41, 5.74) is 1.95. The molecule has 0 amide bonds. The first kappa shape index (κ1) is 24.5. The summed E-state index contributed by atoms with van der Waals surface area (Å²) in [6.07, 6.45) is 7.55. The third-order valence-electron chi connectivity index (χ3n) is 4.73. The van der Waals surface area contributed by atoms with Gasteiger partial charge >= 0.3 is 5.97 Å². The van der Waals surface area contributed by atoms with E-state index < -0.39 is 0 Å². The van der Waals surface area contributed by atoms with E-state index in [2.05, 4.69) is 6.92 Å². The zero-order chi connectivity index (χ0) is 22.3. The van der Waals surface area contributed by atoms with E-state index in [4.69, 9.17) is 14.2 Å². The van der Waals surface area contributed by atoms with Gasteiger partial charge in [0.25, 0.3) is 0 Å². The topological polar surface area (TPSA) is 65.0 Å². The van der Waals surface area contributed by atoms with Gasteiger partial charge in [-0.15, -0.1) is 0 Å². The second-order valence-corrected chi connectivity index (χ2v) is 7.38. The fourth-order valence-electron chi connectivity index (χ4n) is 2.99. The Morgan fingerprint density at radius 3 is 2.42 bits per heavy atom. The first-order chi connectivity index (χ1) is 15.1. The van der Waals surface area contributed by atoms with E-state index in [-0.39, 0.29) is 12.1 Å². The maximum atomic E-state index is 11.4. The summed E-state index contributed by atoms with van der Waals surface area (Å²) >= 11 is 0. The van der Waals surface area contributed by atoms with Crippen molar-refractivity contribution in [3.05, 3.63) is 65.7 Å². The molecule has 5 nitrogen and oxygen atoms in total. The Morgan fingerprint density at radius 2 is 1.71 bits per heavy atom. The molecule has 1 atom stereocenters. The van der Waals surface area contributed by atoms with E-state index in [9.17, 15) is 9.90 Å². The highest BCUT2D eigenvalue weighted by Gasteiger charge is 2.04. The van der Waals surface area contributed by atoms with E-state index in [1.54, 1.807) is 13.0 Å². The summed E-state index contributed by atoms with van der Waals surface area (Å²) in [5.74, 6) is 1.16. The van der Waals surface area contributed by atoms with E-state index >= 15 is 0 Å². The number of rotatable bonds is 14. The van der Waals surface area contributed by atoms with Crippen molar-refractivity contribution >= 4 is 12.0 Å². The quantitative estimate of drug-likeness (QED) is 0.244. The van der Waals surface area contributed by atoms with Crippen molar-refractivity contribution in [1.82, 2.24) is 0 Å². The van der Waals surface area contributed by atoms with Crippen LogP contribution >= 0.6 is 0 Å². The number of esters is 1. The second kappa shape index (κ2) is 14.3. The number of carbonyl (C=O) groups is 1. The predicted molar refractivity (Wildman–Crippen MR) is 123 cm³/mol. The molecule has 0 radical (unpaired) electrons. The summed E-state index contributed by atoms with van der Waals surface area (Å²) in [6, 6.07) is 15.4. The van der Waals surface area contributed by atoms with E-state index in [1.165, 1.54) is 6.08 Å². The molecule has 1 unspecified atom stereocenters. The molecule has 0 saturated heterocycles. The zero-order valence-electron chi connectivity index (χ0n) is 18.6. The summed E-state index contributed by atoms with van der Waals surface area (Å²) in [7, 11) is 0. The highest BCUT2D eigenvalue weighted by Crippen LogP contribution is 2.21.